The van der Waals surface area contributed by atoms with Gasteiger partial charge in [0.2, 0.25) is 0 Å². The fourth-order valence-electron chi connectivity index (χ4n) is 2.73. The van der Waals surface area contributed by atoms with Crippen LogP contribution in [-0.4, -0.2) is 30.6 Å². The molecule has 7 heteroatoms. The predicted octanol–water partition coefficient (Wildman–Crippen LogP) is 1.92. The fraction of sp³-hybridized carbons (Fsp3) is 0.643. The van der Waals surface area contributed by atoms with E-state index in [0.717, 1.165) is 29.5 Å². The summed E-state index contributed by atoms with van der Waals surface area (Å²) in [6.45, 7) is 3.05. The van der Waals surface area contributed by atoms with Gasteiger partial charge in [-0.1, -0.05) is 18.2 Å². The topological polar surface area (TPSA) is 74.6 Å². The van der Waals surface area contributed by atoms with Crippen molar-refractivity contribution in [2.45, 2.75) is 55.6 Å². The predicted molar refractivity (Wildman–Crippen MR) is 83.0 cm³/mol. The zero-order chi connectivity index (χ0) is 14.8. The largest absolute Gasteiger partial charge is 0.327 e. The first kappa shape index (κ1) is 14.6. The molecule has 0 amide bonds. The van der Waals surface area contributed by atoms with Crippen LogP contribution < -0.4 is 5.73 Å². The molecule has 0 fully saturated rings. The van der Waals surface area contributed by atoms with E-state index in [-0.39, 0.29) is 11.3 Å². The molecule has 3 heterocycles. The number of hydrogen-bond donors (Lipinski definition) is 1. The van der Waals surface area contributed by atoms with Crippen molar-refractivity contribution in [2.75, 3.05) is 0 Å². The number of fused-ring (bicyclic) bond motifs is 1. The number of aryl methyl sites for hydroxylation is 2. The number of hydrogen-bond acceptors (Lipinski definition) is 5. The summed E-state index contributed by atoms with van der Waals surface area (Å²) in [5, 5.41) is 14.1. The molecule has 0 saturated carbocycles. The zero-order valence-electron chi connectivity index (χ0n) is 12.6. The maximum absolute atomic E-state index is 6.19. The molecule has 2 unspecified atom stereocenters. The second kappa shape index (κ2) is 6.19. The summed E-state index contributed by atoms with van der Waals surface area (Å²) in [6.07, 6.45) is 8.63. The molecule has 21 heavy (non-hydrogen) atoms. The first-order valence-corrected chi connectivity index (χ1v) is 8.36. The van der Waals surface area contributed by atoms with Crippen molar-refractivity contribution < 1.29 is 0 Å². The Bertz CT molecular complexity index is 602. The standard InChI is InChI=1S/C14H22N6S/c1-10(15)13(11-8-16-19(2)9-11)21-14-18-17-12-6-4-3-5-7-20(12)14/h8-10,13H,3-7,15H2,1-2H3. The summed E-state index contributed by atoms with van der Waals surface area (Å²) in [5.41, 5.74) is 7.33. The lowest BCUT2D eigenvalue weighted by Crippen LogP contribution is -2.22. The Hall–Kier alpha value is -1.34. The van der Waals surface area contributed by atoms with E-state index in [4.69, 9.17) is 5.73 Å². The highest BCUT2D eigenvalue weighted by Gasteiger charge is 2.24. The molecule has 0 radical (unpaired) electrons. The molecular weight excluding hydrogens is 284 g/mol. The summed E-state index contributed by atoms with van der Waals surface area (Å²) in [6, 6.07) is 0.0259. The Morgan fingerprint density at radius 2 is 2.14 bits per heavy atom. The van der Waals surface area contributed by atoms with Crippen molar-refractivity contribution in [3.8, 4) is 0 Å². The van der Waals surface area contributed by atoms with E-state index in [1.165, 1.54) is 19.3 Å². The molecule has 2 aromatic heterocycles. The van der Waals surface area contributed by atoms with Crippen molar-refractivity contribution in [2.24, 2.45) is 12.8 Å². The molecule has 0 aromatic carbocycles. The van der Waals surface area contributed by atoms with Gasteiger partial charge in [0.15, 0.2) is 5.16 Å². The van der Waals surface area contributed by atoms with Gasteiger partial charge >= 0.3 is 0 Å². The molecule has 0 spiro atoms. The molecule has 114 valence electrons. The Morgan fingerprint density at radius 1 is 1.29 bits per heavy atom. The van der Waals surface area contributed by atoms with E-state index in [1.54, 1.807) is 11.8 Å². The van der Waals surface area contributed by atoms with Crippen molar-refractivity contribution >= 4 is 11.8 Å². The quantitative estimate of drug-likeness (QED) is 0.874. The number of aromatic nitrogens is 5. The van der Waals surface area contributed by atoms with Gasteiger partial charge in [0.25, 0.3) is 0 Å². The van der Waals surface area contributed by atoms with Gasteiger partial charge in [-0.3, -0.25) is 4.68 Å². The van der Waals surface area contributed by atoms with Gasteiger partial charge in [0, 0.05) is 37.8 Å². The molecule has 3 rings (SSSR count). The molecule has 2 aromatic rings. The van der Waals surface area contributed by atoms with Crippen LogP contribution in [0, 0.1) is 0 Å². The van der Waals surface area contributed by atoms with Crippen molar-refractivity contribution in [1.29, 1.82) is 0 Å². The molecule has 0 saturated heterocycles. The Kier molecular flexibility index (Phi) is 4.30. The van der Waals surface area contributed by atoms with Gasteiger partial charge in [-0.2, -0.15) is 5.10 Å². The second-order valence-electron chi connectivity index (χ2n) is 5.71. The Morgan fingerprint density at radius 3 is 2.86 bits per heavy atom. The zero-order valence-corrected chi connectivity index (χ0v) is 13.4. The van der Waals surface area contributed by atoms with Crippen molar-refractivity contribution in [3.63, 3.8) is 0 Å². The lowest BCUT2D eigenvalue weighted by molar-refractivity contribution is 0.588. The average molecular weight is 306 g/mol. The highest BCUT2D eigenvalue weighted by molar-refractivity contribution is 7.99. The van der Waals surface area contributed by atoms with Crippen LogP contribution in [0.3, 0.4) is 0 Å². The van der Waals surface area contributed by atoms with Gasteiger partial charge < -0.3 is 10.3 Å². The van der Waals surface area contributed by atoms with Crippen molar-refractivity contribution in [1.82, 2.24) is 24.5 Å². The smallest absolute Gasteiger partial charge is 0.191 e. The monoisotopic (exact) mass is 306 g/mol. The van der Waals surface area contributed by atoms with Crippen LogP contribution >= 0.6 is 11.8 Å². The van der Waals surface area contributed by atoms with Gasteiger partial charge in [-0.15, -0.1) is 10.2 Å². The minimum absolute atomic E-state index is 0.0259. The van der Waals surface area contributed by atoms with Crippen LogP contribution in [0.5, 0.6) is 0 Å². The van der Waals surface area contributed by atoms with E-state index in [1.807, 2.05) is 31.0 Å². The molecule has 2 N–H and O–H groups in total. The highest BCUT2D eigenvalue weighted by Crippen LogP contribution is 2.36. The fourth-order valence-corrected chi connectivity index (χ4v) is 3.84. The van der Waals surface area contributed by atoms with E-state index >= 15 is 0 Å². The molecule has 2 atom stereocenters. The lowest BCUT2D eigenvalue weighted by atomic mass is 10.1. The van der Waals surface area contributed by atoms with E-state index in [9.17, 15) is 0 Å². The van der Waals surface area contributed by atoms with Gasteiger partial charge in [0.05, 0.1) is 11.4 Å². The molecule has 0 aliphatic carbocycles. The molecule has 6 nitrogen and oxygen atoms in total. The Balaban J connectivity index is 1.85. The first-order chi connectivity index (χ1) is 10.1. The SMILES string of the molecule is CC(N)C(Sc1nnc2n1CCCCC2)c1cnn(C)c1. The maximum atomic E-state index is 6.19. The molecule has 1 aliphatic heterocycles. The van der Waals surface area contributed by atoms with Gasteiger partial charge in [0.1, 0.15) is 5.82 Å². The van der Waals surface area contributed by atoms with E-state index in [0.29, 0.717) is 0 Å². The summed E-state index contributed by atoms with van der Waals surface area (Å²) in [5.74, 6) is 1.12. The van der Waals surface area contributed by atoms with E-state index < -0.39 is 0 Å². The third kappa shape index (κ3) is 3.13. The third-order valence-corrected chi connectivity index (χ3v) is 5.31. The molecule has 1 aliphatic rings. The molecular formula is C14H22N6S. The minimum atomic E-state index is 0.0259. The highest BCUT2D eigenvalue weighted by atomic mass is 32.2. The number of nitrogens with zero attached hydrogens (tertiary/aromatic N) is 5. The normalized spacial score (nSPS) is 18.0. The van der Waals surface area contributed by atoms with Gasteiger partial charge in [-0.05, 0) is 19.8 Å². The first-order valence-electron chi connectivity index (χ1n) is 7.48. The average Bonchev–Trinajstić information content (AvgIpc) is 2.95. The summed E-state index contributed by atoms with van der Waals surface area (Å²) in [7, 11) is 1.93. The summed E-state index contributed by atoms with van der Waals surface area (Å²) in [4.78, 5) is 0. The van der Waals surface area contributed by atoms with Crippen LogP contribution in [0.15, 0.2) is 17.6 Å². The second-order valence-corrected chi connectivity index (χ2v) is 6.81. The van der Waals surface area contributed by atoms with E-state index in [2.05, 4.69) is 19.9 Å². The minimum Gasteiger partial charge on any atom is -0.327 e. The van der Waals surface area contributed by atoms with Crippen molar-refractivity contribution in [3.05, 3.63) is 23.8 Å². The lowest BCUT2D eigenvalue weighted by Gasteiger charge is -2.18. The van der Waals surface area contributed by atoms with Gasteiger partial charge in [-0.25, -0.2) is 0 Å². The molecule has 0 bridgehead atoms. The van der Waals surface area contributed by atoms with Crippen LogP contribution in [0.25, 0.3) is 0 Å². The van der Waals surface area contributed by atoms with Crippen LogP contribution in [-0.2, 0) is 20.0 Å². The number of thioether (sulfide) groups is 1. The number of rotatable bonds is 4. The Labute approximate surface area is 129 Å². The third-order valence-electron chi connectivity index (χ3n) is 3.84. The van der Waals surface area contributed by atoms with Crippen LogP contribution in [0.2, 0.25) is 0 Å². The van der Waals surface area contributed by atoms with Crippen LogP contribution in [0.1, 0.15) is 42.8 Å². The maximum Gasteiger partial charge on any atom is 0.191 e. The summed E-state index contributed by atoms with van der Waals surface area (Å²) >= 11 is 1.70. The van der Waals surface area contributed by atoms with Crippen LogP contribution in [0.4, 0.5) is 0 Å². The number of nitrogens with two attached hydrogens (primary N) is 1. The summed E-state index contributed by atoms with van der Waals surface area (Å²) < 4.78 is 4.08.